The molecule has 0 spiro atoms. The van der Waals surface area contributed by atoms with E-state index in [9.17, 15) is 0 Å². The summed E-state index contributed by atoms with van der Waals surface area (Å²) in [6.45, 7) is 9.66. The molecule has 0 aromatic heterocycles. The zero-order chi connectivity index (χ0) is 19.1. The van der Waals surface area contributed by atoms with E-state index in [4.69, 9.17) is 4.74 Å². The molecular weight excluding hydrogens is 463 g/mol. The third kappa shape index (κ3) is 6.88. The van der Waals surface area contributed by atoms with Crippen LogP contribution in [0.2, 0.25) is 0 Å². The van der Waals surface area contributed by atoms with Crippen molar-refractivity contribution in [3.05, 3.63) is 35.4 Å². The van der Waals surface area contributed by atoms with E-state index in [2.05, 4.69) is 51.3 Å². The normalized spacial score (nSPS) is 21.6. The van der Waals surface area contributed by atoms with Crippen LogP contribution in [-0.2, 0) is 17.8 Å². The number of aliphatic imine (C=N–C) groups is 1. The molecule has 0 amide bonds. The Kier molecular flexibility index (Phi) is 10.0. The maximum atomic E-state index is 5.30. The minimum Gasteiger partial charge on any atom is -0.384 e. The molecule has 1 N–H and O–H groups in total. The van der Waals surface area contributed by atoms with Gasteiger partial charge in [0.25, 0.3) is 0 Å². The Bertz CT molecular complexity index is 599. The summed E-state index contributed by atoms with van der Waals surface area (Å²) in [4.78, 5) is 9.39. The van der Waals surface area contributed by atoms with Crippen LogP contribution in [0.25, 0.3) is 0 Å². The predicted octanol–water partition coefficient (Wildman–Crippen LogP) is 3.58. The SMILES string of the molecule is CN=C(NCc1ccc(CN2CCC(C)CC2)cc1)N1CCC(COC)C1.I. The van der Waals surface area contributed by atoms with Gasteiger partial charge in [-0.2, -0.15) is 0 Å². The van der Waals surface area contributed by atoms with Gasteiger partial charge in [-0.25, -0.2) is 0 Å². The largest absolute Gasteiger partial charge is 0.384 e. The van der Waals surface area contributed by atoms with Gasteiger partial charge < -0.3 is 15.0 Å². The fourth-order valence-corrected chi connectivity index (χ4v) is 4.15. The van der Waals surface area contributed by atoms with Crippen LogP contribution in [0.4, 0.5) is 0 Å². The van der Waals surface area contributed by atoms with Crippen LogP contribution in [0.5, 0.6) is 0 Å². The minimum atomic E-state index is 0. The highest BCUT2D eigenvalue weighted by molar-refractivity contribution is 14.0. The van der Waals surface area contributed by atoms with Crippen molar-refractivity contribution >= 4 is 29.9 Å². The predicted molar refractivity (Wildman–Crippen MR) is 127 cm³/mol. The summed E-state index contributed by atoms with van der Waals surface area (Å²) < 4.78 is 5.30. The van der Waals surface area contributed by atoms with Gasteiger partial charge in [-0.1, -0.05) is 31.2 Å². The molecule has 0 aliphatic carbocycles. The standard InChI is InChI=1S/C22H36N4O.HI/c1-18-8-11-25(12-9-18)15-20-6-4-19(5-7-20)14-24-22(23-2)26-13-10-21(16-26)17-27-3;/h4-7,18,21H,8-17H2,1-3H3,(H,23,24);1H. The molecule has 28 heavy (non-hydrogen) atoms. The number of hydrogen-bond donors (Lipinski definition) is 1. The van der Waals surface area contributed by atoms with E-state index in [1.807, 2.05) is 7.05 Å². The number of nitrogens with zero attached hydrogens (tertiary/aromatic N) is 3. The first-order valence-corrected chi connectivity index (χ1v) is 10.4. The van der Waals surface area contributed by atoms with Crippen LogP contribution in [0.1, 0.15) is 37.3 Å². The first-order chi connectivity index (χ1) is 13.2. The number of halogens is 1. The molecule has 2 heterocycles. The number of benzene rings is 1. The Morgan fingerprint density at radius 1 is 1.11 bits per heavy atom. The summed E-state index contributed by atoms with van der Waals surface area (Å²) in [7, 11) is 3.65. The van der Waals surface area contributed by atoms with Gasteiger partial charge in [0.05, 0.1) is 6.61 Å². The fourth-order valence-electron chi connectivity index (χ4n) is 4.15. The highest BCUT2D eigenvalue weighted by Crippen LogP contribution is 2.19. The third-order valence-corrected chi connectivity index (χ3v) is 5.96. The number of rotatable bonds is 6. The molecule has 0 bridgehead atoms. The highest BCUT2D eigenvalue weighted by Gasteiger charge is 2.24. The van der Waals surface area contributed by atoms with Crippen molar-refractivity contribution in [3.63, 3.8) is 0 Å². The van der Waals surface area contributed by atoms with Crippen LogP contribution in [0, 0.1) is 11.8 Å². The van der Waals surface area contributed by atoms with E-state index >= 15 is 0 Å². The number of guanidine groups is 1. The molecule has 5 nitrogen and oxygen atoms in total. The summed E-state index contributed by atoms with van der Waals surface area (Å²) in [6, 6.07) is 9.06. The summed E-state index contributed by atoms with van der Waals surface area (Å²) in [5.41, 5.74) is 2.72. The van der Waals surface area contributed by atoms with Gasteiger partial charge in [-0.15, -0.1) is 24.0 Å². The molecule has 2 fully saturated rings. The number of ether oxygens (including phenoxy) is 1. The van der Waals surface area contributed by atoms with E-state index < -0.39 is 0 Å². The summed E-state index contributed by atoms with van der Waals surface area (Å²) in [6.07, 6.45) is 3.85. The van der Waals surface area contributed by atoms with Gasteiger partial charge in [0.15, 0.2) is 5.96 Å². The summed E-state index contributed by atoms with van der Waals surface area (Å²) in [5, 5.41) is 3.52. The maximum absolute atomic E-state index is 5.30. The van der Waals surface area contributed by atoms with Gasteiger partial charge in [-0.3, -0.25) is 9.89 Å². The second-order valence-corrected chi connectivity index (χ2v) is 8.23. The van der Waals surface area contributed by atoms with Crippen molar-refractivity contribution in [3.8, 4) is 0 Å². The third-order valence-electron chi connectivity index (χ3n) is 5.96. The topological polar surface area (TPSA) is 40.1 Å². The Morgan fingerprint density at radius 3 is 2.43 bits per heavy atom. The smallest absolute Gasteiger partial charge is 0.193 e. The summed E-state index contributed by atoms with van der Waals surface area (Å²) >= 11 is 0. The second kappa shape index (κ2) is 12.0. The first kappa shape index (κ1) is 23.4. The van der Waals surface area contributed by atoms with Gasteiger partial charge >= 0.3 is 0 Å². The molecular formula is C22H37IN4O. The second-order valence-electron chi connectivity index (χ2n) is 8.23. The Morgan fingerprint density at radius 2 is 1.79 bits per heavy atom. The lowest BCUT2D eigenvalue weighted by molar-refractivity contribution is 0.157. The van der Waals surface area contributed by atoms with Gasteiger partial charge in [0.2, 0.25) is 0 Å². The summed E-state index contributed by atoms with van der Waals surface area (Å²) in [5.74, 6) is 2.51. The van der Waals surface area contributed by atoms with Gasteiger partial charge in [0.1, 0.15) is 0 Å². The Hall–Kier alpha value is -0.860. The monoisotopic (exact) mass is 500 g/mol. The van der Waals surface area contributed by atoms with E-state index in [-0.39, 0.29) is 24.0 Å². The van der Waals surface area contributed by atoms with Crippen molar-refractivity contribution in [2.75, 3.05) is 46.9 Å². The molecule has 1 unspecified atom stereocenters. The molecule has 6 heteroatoms. The van der Waals surface area contributed by atoms with E-state index in [0.717, 1.165) is 44.7 Å². The van der Waals surface area contributed by atoms with Gasteiger partial charge in [0, 0.05) is 46.3 Å². The molecule has 2 aliphatic heterocycles. The maximum Gasteiger partial charge on any atom is 0.193 e. The van der Waals surface area contributed by atoms with Crippen molar-refractivity contribution in [2.24, 2.45) is 16.8 Å². The van der Waals surface area contributed by atoms with Crippen LogP contribution in [0.3, 0.4) is 0 Å². The number of piperidine rings is 1. The van der Waals surface area contributed by atoms with Crippen LogP contribution in [-0.4, -0.2) is 62.7 Å². The van der Waals surface area contributed by atoms with Crippen LogP contribution in [0.15, 0.2) is 29.3 Å². The van der Waals surface area contributed by atoms with E-state index in [1.54, 1.807) is 7.11 Å². The molecule has 1 aromatic carbocycles. The highest BCUT2D eigenvalue weighted by atomic mass is 127. The fraction of sp³-hybridized carbons (Fsp3) is 0.682. The van der Waals surface area contributed by atoms with Crippen LogP contribution < -0.4 is 5.32 Å². The molecule has 1 atom stereocenters. The first-order valence-electron chi connectivity index (χ1n) is 10.4. The zero-order valence-electron chi connectivity index (χ0n) is 17.7. The quantitative estimate of drug-likeness (QED) is 0.369. The van der Waals surface area contributed by atoms with Crippen molar-refractivity contribution in [1.29, 1.82) is 0 Å². The Labute approximate surface area is 187 Å². The lowest BCUT2D eigenvalue weighted by Gasteiger charge is -2.30. The number of methoxy groups -OCH3 is 1. The number of hydrogen-bond acceptors (Lipinski definition) is 3. The van der Waals surface area contributed by atoms with Crippen molar-refractivity contribution in [1.82, 2.24) is 15.1 Å². The number of nitrogens with one attached hydrogen (secondary N) is 1. The molecule has 3 rings (SSSR count). The average molecular weight is 500 g/mol. The van der Waals surface area contributed by atoms with Gasteiger partial charge in [-0.05, 0) is 49.4 Å². The molecule has 0 radical (unpaired) electrons. The lowest BCUT2D eigenvalue weighted by Crippen LogP contribution is -2.39. The average Bonchev–Trinajstić information content (AvgIpc) is 3.14. The molecule has 0 saturated carbocycles. The van der Waals surface area contributed by atoms with E-state index in [1.165, 1.54) is 43.5 Å². The lowest BCUT2D eigenvalue weighted by atomic mass is 9.99. The Balaban J connectivity index is 0.00000280. The van der Waals surface area contributed by atoms with Crippen LogP contribution >= 0.6 is 24.0 Å². The molecule has 2 aliphatic rings. The molecule has 1 aromatic rings. The van der Waals surface area contributed by atoms with E-state index in [0.29, 0.717) is 5.92 Å². The molecule has 158 valence electrons. The zero-order valence-corrected chi connectivity index (χ0v) is 20.0. The molecule has 2 saturated heterocycles. The minimum absolute atomic E-state index is 0. The number of likely N-dealkylation sites (tertiary alicyclic amines) is 2. The van der Waals surface area contributed by atoms with Crippen molar-refractivity contribution < 1.29 is 4.74 Å². The van der Waals surface area contributed by atoms with Crippen molar-refractivity contribution in [2.45, 2.75) is 39.3 Å².